The molecule has 2 saturated carbocycles. The summed E-state index contributed by atoms with van der Waals surface area (Å²) in [6, 6.07) is -0.698. The summed E-state index contributed by atoms with van der Waals surface area (Å²) in [5, 5.41) is 13.1. The van der Waals surface area contributed by atoms with Crippen molar-refractivity contribution >= 4 is 40.9 Å². The highest BCUT2D eigenvalue weighted by atomic mass is 35.5. The quantitative estimate of drug-likeness (QED) is 0.369. The molecule has 2 aliphatic carbocycles. The van der Waals surface area contributed by atoms with Gasteiger partial charge in [0.1, 0.15) is 0 Å². The fourth-order valence-corrected chi connectivity index (χ4v) is 6.48. The number of hydrogen-bond donors (Lipinski definition) is 1. The number of carboxylic acids is 1. The minimum Gasteiger partial charge on any atom is -0.481 e. The van der Waals surface area contributed by atoms with E-state index in [9.17, 15) is 32.7 Å². The van der Waals surface area contributed by atoms with Gasteiger partial charge in [-0.25, -0.2) is 0 Å². The summed E-state index contributed by atoms with van der Waals surface area (Å²) in [6.45, 7) is 3.68. The Bertz CT molecular complexity index is 1240. The Morgan fingerprint density at radius 3 is 2.18 bits per heavy atom. The largest absolute Gasteiger partial charge is 0.481 e. The predicted octanol–water partition coefficient (Wildman–Crippen LogP) is 6.18. The Morgan fingerprint density at radius 2 is 1.67 bits per heavy atom. The highest BCUT2D eigenvalue weighted by Crippen LogP contribution is 2.45. The summed E-state index contributed by atoms with van der Waals surface area (Å²) in [5.74, 6) is -3.17. The van der Waals surface area contributed by atoms with E-state index >= 15 is 0 Å². The molecule has 1 amide bonds. The maximum atomic E-state index is 14.4. The highest BCUT2D eigenvalue weighted by molar-refractivity contribution is 6.39. The molecule has 2 aromatic rings. The molecule has 13 heteroatoms. The summed E-state index contributed by atoms with van der Waals surface area (Å²) in [4.78, 5) is 43.1. The van der Waals surface area contributed by atoms with Gasteiger partial charge >= 0.3 is 12.1 Å². The van der Waals surface area contributed by atoms with Crippen LogP contribution < -0.4 is 0 Å². The van der Waals surface area contributed by atoms with Crippen LogP contribution in [-0.4, -0.2) is 55.5 Å². The number of pyridine rings is 1. The number of carboxylic acid groups (broad SMARTS) is 1. The van der Waals surface area contributed by atoms with Gasteiger partial charge in [-0.05, 0) is 49.9 Å². The van der Waals surface area contributed by atoms with E-state index in [1.165, 1.54) is 12.4 Å². The lowest BCUT2D eigenvalue weighted by Gasteiger charge is -2.44. The van der Waals surface area contributed by atoms with Crippen molar-refractivity contribution in [2.45, 2.75) is 64.6 Å². The number of halogens is 5. The molecule has 39 heavy (non-hydrogen) atoms. The number of ketones is 1. The molecule has 0 atom stereocenters. The SMILES string of the molecule is CC1(C)CC(CN(CC(=O)c2c(Cl)cncc2Cl)C(=O)c2cnn(C3CCC(C(=O)O)CC3)c2C(F)(F)F)C1. The molecule has 0 spiro atoms. The van der Waals surface area contributed by atoms with Gasteiger partial charge in [0.25, 0.3) is 5.91 Å². The summed E-state index contributed by atoms with van der Waals surface area (Å²) in [7, 11) is 0. The van der Waals surface area contributed by atoms with Gasteiger partial charge in [0.2, 0.25) is 0 Å². The normalized spacial score (nSPS) is 21.3. The van der Waals surface area contributed by atoms with Crippen LogP contribution in [0.2, 0.25) is 10.0 Å². The molecule has 0 unspecified atom stereocenters. The first-order valence-electron chi connectivity index (χ1n) is 12.7. The fraction of sp³-hybridized carbons (Fsp3) is 0.577. The van der Waals surface area contributed by atoms with Crippen LogP contribution in [0, 0.1) is 17.3 Å². The fourth-order valence-electron chi connectivity index (χ4n) is 5.91. The number of rotatable bonds is 8. The second-order valence-electron chi connectivity index (χ2n) is 11.2. The molecule has 2 heterocycles. The molecule has 2 aliphatic rings. The number of carbonyl (C=O) groups excluding carboxylic acids is 2. The first-order chi connectivity index (χ1) is 18.2. The zero-order valence-corrected chi connectivity index (χ0v) is 23.0. The van der Waals surface area contributed by atoms with Crippen LogP contribution in [0.25, 0.3) is 0 Å². The van der Waals surface area contributed by atoms with E-state index in [-0.39, 0.29) is 59.2 Å². The number of nitrogens with zero attached hydrogens (tertiary/aromatic N) is 4. The van der Waals surface area contributed by atoms with Gasteiger partial charge in [-0.1, -0.05) is 37.0 Å². The van der Waals surface area contributed by atoms with Crippen LogP contribution >= 0.6 is 23.2 Å². The number of hydrogen-bond acceptors (Lipinski definition) is 5. The smallest absolute Gasteiger partial charge is 0.433 e. The van der Waals surface area contributed by atoms with Crippen LogP contribution in [0.15, 0.2) is 18.6 Å². The first kappa shape index (κ1) is 29.3. The Balaban J connectivity index is 1.65. The maximum Gasteiger partial charge on any atom is 0.433 e. The van der Waals surface area contributed by atoms with Gasteiger partial charge in [0, 0.05) is 18.9 Å². The van der Waals surface area contributed by atoms with Crippen LogP contribution in [0.5, 0.6) is 0 Å². The molecule has 212 valence electrons. The van der Waals surface area contributed by atoms with Gasteiger partial charge in [-0.3, -0.25) is 24.0 Å². The van der Waals surface area contributed by atoms with Crippen molar-refractivity contribution in [2.24, 2.45) is 17.3 Å². The van der Waals surface area contributed by atoms with Gasteiger partial charge < -0.3 is 10.0 Å². The lowest BCUT2D eigenvalue weighted by atomic mass is 9.64. The Hall–Kier alpha value is -2.66. The van der Waals surface area contributed by atoms with Crippen molar-refractivity contribution in [1.82, 2.24) is 19.7 Å². The van der Waals surface area contributed by atoms with E-state index in [4.69, 9.17) is 23.2 Å². The second kappa shape index (κ2) is 11.1. The summed E-state index contributed by atoms with van der Waals surface area (Å²) < 4.78 is 43.9. The summed E-state index contributed by atoms with van der Waals surface area (Å²) in [5.41, 5.74) is -1.86. The third kappa shape index (κ3) is 6.40. The zero-order chi connectivity index (χ0) is 28.7. The van der Waals surface area contributed by atoms with Crippen molar-refractivity contribution in [3.8, 4) is 0 Å². The molecule has 0 radical (unpaired) electrons. The van der Waals surface area contributed by atoms with Crippen LogP contribution in [0.4, 0.5) is 13.2 Å². The summed E-state index contributed by atoms with van der Waals surface area (Å²) >= 11 is 12.2. The third-order valence-electron chi connectivity index (χ3n) is 7.60. The zero-order valence-electron chi connectivity index (χ0n) is 21.5. The molecule has 0 aromatic carbocycles. The molecular formula is C26H29Cl2F3N4O4. The number of carbonyl (C=O) groups is 3. The highest BCUT2D eigenvalue weighted by Gasteiger charge is 2.44. The van der Waals surface area contributed by atoms with Gasteiger partial charge in [-0.2, -0.15) is 18.3 Å². The third-order valence-corrected chi connectivity index (χ3v) is 8.17. The lowest BCUT2D eigenvalue weighted by Crippen LogP contribution is -2.45. The lowest BCUT2D eigenvalue weighted by molar-refractivity contribution is -0.147. The van der Waals surface area contributed by atoms with Gasteiger partial charge in [-0.15, -0.1) is 0 Å². The Morgan fingerprint density at radius 1 is 1.08 bits per heavy atom. The number of aliphatic carboxylic acids is 1. The van der Waals surface area contributed by atoms with E-state index in [0.717, 1.165) is 28.6 Å². The van der Waals surface area contributed by atoms with E-state index in [0.29, 0.717) is 0 Å². The molecule has 1 N–H and O–H groups in total. The number of amides is 1. The average molecular weight is 589 g/mol. The number of alkyl halides is 3. The molecule has 8 nitrogen and oxygen atoms in total. The summed E-state index contributed by atoms with van der Waals surface area (Å²) in [6.07, 6.45) is 0.748. The van der Waals surface area contributed by atoms with Crippen molar-refractivity contribution in [3.05, 3.63) is 45.5 Å². The van der Waals surface area contributed by atoms with Crippen molar-refractivity contribution in [2.75, 3.05) is 13.1 Å². The standard InChI is InChI=1S/C26H29Cl2F3N4O4/c1-25(2)7-14(8-25)12-34(13-20(36)21-18(27)10-32-11-19(21)28)23(37)17-9-33-35(22(17)26(29,30)31)16-5-3-15(4-6-16)24(38)39/h9-11,14-16H,3-8,12-13H2,1-2H3,(H,38,39). The topological polar surface area (TPSA) is 105 Å². The van der Waals surface area contributed by atoms with Crippen LogP contribution in [0.1, 0.15) is 84.8 Å². The van der Waals surface area contributed by atoms with Crippen molar-refractivity contribution < 1.29 is 32.7 Å². The van der Waals surface area contributed by atoms with Gasteiger partial charge in [0.15, 0.2) is 11.5 Å². The molecule has 4 rings (SSSR count). The number of Topliss-reactive ketones (excluding diaryl/α,β-unsaturated/α-hetero) is 1. The monoisotopic (exact) mass is 588 g/mol. The van der Waals surface area contributed by atoms with E-state index in [1.807, 2.05) is 0 Å². The molecule has 2 aromatic heterocycles. The minimum atomic E-state index is -4.91. The van der Waals surface area contributed by atoms with E-state index < -0.39 is 53.6 Å². The van der Waals surface area contributed by atoms with E-state index in [2.05, 4.69) is 23.9 Å². The first-order valence-corrected chi connectivity index (χ1v) is 13.4. The van der Waals surface area contributed by atoms with E-state index in [1.54, 1.807) is 0 Å². The maximum absolute atomic E-state index is 14.4. The Labute approximate surface area is 233 Å². The van der Waals surface area contributed by atoms with Gasteiger partial charge in [0.05, 0.1) is 45.9 Å². The number of aromatic nitrogens is 3. The predicted molar refractivity (Wildman–Crippen MR) is 137 cm³/mol. The molecular weight excluding hydrogens is 560 g/mol. The molecule has 0 bridgehead atoms. The van der Waals surface area contributed by atoms with Crippen molar-refractivity contribution in [3.63, 3.8) is 0 Å². The minimum absolute atomic E-state index is 0.0100. The molecule has 0 saturated heterocycles. The molecule has 2 fully saturated rings. The second-order valence-corrected chi connectivity index (χ2v) is 12.0. The van der Waals surface area contributed by atoms with Crippen LogP contribution in [-0.2, 0) is 11.0 Å². The van der Waals surface area contributed by atoms with Crippen LogP contribution in [0.3, 0.4) is 0 Å². The van der Waals surface area contributed by atoms with Crippen molar-refractivity contribution in [1.29, 1.82) is 0 Å². The Kier molecular flexibility index (Phi) is 8.33. The average Bonchev–Trinajstić information content (AvgIpc) is 3.28. The molecule has 0 aliphatic heterocycles.